The van der Waals surface area contributed by atoms with Crippen molar-refractivity contribution < 1.29 is 19.4 Å². The number of carbonyl (C=O) groups excluding carboxylic acids is 1. The molecule has 0 spiro atoms. The number of carbonyl (C=O) groups is 2. The summed E-state index contributed by atoms with van der Waals surface area (Å²) < 4.78 is 7.74. The van der Waals surface area contributed by atoms with Crippen molar-refractivity contribution in [2.75, 3.05) is 0 Å². The molecule has 26 heavy (non-hydrogen) atoms. The minimum absolute atomic E-state index is 0.0364. The summed E-state index contributed by atoms with van der Waals surface area (Å²) >= 11 is 6.05. The van der Waals surface area contributed by atoms with E-state index in [1.807, 2.05) is 18.4 Å². The topological polar surface area (TPSA) is 68.5 Å². The lowest BCUT2D eigenvalue weighted by Gasteiger charge is -2.30. The molecule has 1 aliphatic rings. The van der Waals surface area contributed by atoms with Crippen LogP contribution in [-0.2, 0) is 11.3 Å². The first-order valence-corrected chi connectivity index (χ1v) is 9.44. The number of carboxylic acid groups (broad SMARTS) is 1. The summed E-state index contributed by atoms with van der Waals surface area (Å²) in [6.45, 7) is 4.73. The van der Waals surface area contributed by atoms with E-state index < -0.39 is 5.97 Å². The molecule has 6 heteroatoms. The van der Waals surface area contributed by atoms with E-state index in [9.17, 15) is 14.7 Å². The second kappa shape index (κ2) is 7.80. The molecule has 5 nitrogen and oxygen atoms in total. The van der Waals surface area contributed by atoms with E-state index in [4.69, 9.17) is 16.3 Å². The van der Waals surface area contributed by atoms with Crippen molar-refractivity contribution in [3.05, 3.63) is 34.5 Å². The normalized spacial score (nSPS) is 20.6. The van der Waals surface area contributed by atoms with Crippen molar-refractivity contribution >= 4 is 34.8 Å². The lowest BCUT2D eigenvalue weighted by molar-refractivity contribution is -0.0207. The maximum atomic E-state index is 11.7. The lowest BCUT2D eigenvalue weighted by atomic mass is 9.87. The summed E-state index contributed by atoms with van der Waals surface area (Å²) in [7, 11) is 0. The minimum atomic E-state index is -1.10. The largest absolute Gasteiger partial charge is 0.478 e. The van der Waals surface area contributed by atoms with Gasteiger partial charge in [0, 0.05) is 22.5 Å². The molecule has 0 aliphatic heterocycles. The number of aromatic nitrogens is 1. The average Bonchev–Trinajstić information content (AvgIpc) is 2.89. The zero-order valence-electron chi connectivity index (χ0n) is 15.1. The number of carboxylic acids is 1. The van der Waals surface area contributed by atoms with Crippen molar-refractivity contribution in [2.45, 2.75) is 58.3 Å². The standard InChI is InChI=1S/C20H24ClNO4/c1-12(2)26-15-6-3-13(4-7-15)10-22-17-8-5-14(21)9-16(17)19(20(24)25)18(22)11-23/h5,8-9,11-13,15H,3-4,6-7,10H2,1-2H3,(H,24,25). The highest BCUT2D eigenvalue weighted by molar-refractivity contribution is 6.31. The van der Waals surface area contributed by atoms with Crippen LogP contribution in [0.15, 0.2) is 18.2 Å². The van der Waals surface area contributed by atoms with Crippen LogP contribution in [0, 0.1) is 5.92 Å². The number of fused-ring (bicyclic) bond motifs is 1. The number of benzene rings is 1. The Labute approximate surface area is 157 Å². The van der Waals surface area contributed by atoms with Crippen molar-refractivity contribution in [1.29, 1.82) is 0 Å². The van der Waals surface area contributed by atoms with Gasteiger partial charge in [-0.3, -0.25) is 4.79 Å². The molecule has 1 aromatic carbocycles. The smallest absolute Gasteiger partial charge is 0.338 e. The quantitative estimate of drug-likeness (QED) is 0.735. The summed E-state index contributed by atoms with van der Waals surface area (Å²) in [5.74, 6) is -0.708. The van der Waals surface area contributed by atoms with E-state index in [0.717, 1.165) is 31.2 Å². The Morgan fingerprint density at radius 1 is 1.35 bits per heavy atom. The van der Waals surface area contributed by atoms with Crippen LogP contribution in [0.5, 0.6) is 0 Å². The zero-order valence-corrected chi connectivity index (χ0v) is 15.8. The fourth-order valence-corrected chi connectivity index (χ4v) is 4.16. The van der Waals surface area contributed by atoms with Gasteiger partial charge in [-0.25, -0.2) is 4.79 Å². The van der Waals surface area contributed by atoms with Crippen LogP contribution in [0.25, 0.3) is 10.9 Å². The van der Waals surface area contributed by atoms with E-state index >= 15 is 0 Å². The maximum Gasteiger partial charge on any atom is 0.338 e. The Bertz CT molecular complexity index is 819. The molecule has 0 radical (unpaired) electrons. The molecule has 1 heterocycles. The Morgan fingerprint density at radius 3 is 2.62 bits per heavy atom. The zero-order chi connectivity index (χ0) is 18.8. The number of nitrogens with zero attached hydrogens (tertiary/aromatic N) is 1. The van der Waals surface area contributed by atoms with Gasteiger partial charge >= 0.3 is 5.97 Å². The van der Waals surface area contributed by atoms with Gasteiger partial charge in [-0.2, -0.15) is 0 Å². The average molecular weight is 378 g/mol. The van der Waals surface area contributed by atoms with Gasteiger partial charge in [-0.15, -0.1) is 0 Å². The molecular weight excluding hydrogens is 354 g/mol. The van der Waals surface area contributed by atoms with Crippen LogP contribution in [0.4, 0.5) is 0 Å². The predicted molar refractivity (Wildman–Crippen MR) is 101 cm³/mol. The Hall–Kier alpha value is -1.85. The van der Waals surface area contributed by atoms with Crippen LogP contribution >= 0.6 is 11.6 Å². The highest BCUT2D eigenvalue weighted by Gasteiger charge is 2.27. The number of halogens is 1. The Kier molecular flexibility index (Phi) is 5.68. The first-order valence-electron chi connectivity index (χ1n) is 9.06. The van der Waals surface area contributed by atoms with Crippen LogP contribution in [0.3, 0.4) is 0 Å². The van der Waals surface area contributed by atoms with Gasteiger partial charge in [0.2, 0.25) is 0 Å². The molecule has 1 aliphatic carbocycles. The molecule has 0 atom stereocenters. The molecule has 0 unspecified atom stereocenters. The van der Waals surface area contributed by atoms with Crippen molar-refractivity contribution in [3.63, 3.8) is 0 Å². The summed E-state index contributed by atoms with van der Waals surface area (Å²) in [5.41, 5.74) is 0.999. The molecule has 1 aromatic heterocycles. The summed E-state index contributed by atoms with van der Waals surface area (Å²) in [4.78, 5) is 23.4. The Morgan fingerprint density at radius 2 is 2.04 bits per heavy atom. The van der Waals surface area contributed by atoms with E-state index in [1.165, 1.54) is 0 Å². The van der Waals surface area contributed by atoms with Gasteiger partial charge in [0.25, 0.3) is 0 Å². The Balaban J connectivity index is 1.89. The molecule has 2 aromatic rings. The van der Waals surface area contributed by atoms with E-state index in [2.05, 4.69) is 0 Å². The van der Waals surface area contributed by atoms with E-state index in [1.54, 1.807) is 18.2 Å². The second-order valence-corrected chi connectivity index (χ2v) is 7.72. The molecule has 0 amide bonds. The predicted octanol–water partition coefficient (Wildman–Crippen LogP) is 4.79. The van der Waals surface area contributed by atoms with Gasteiger partial charge in [-0.05, 0) is 63.6 Å². The molecule has 0 bridgehead atoms. The fraction of sp³-hybridized carbons (Fsp3) is 0.500. The van der Waals surface area contributed by atoms with Gasteiger partial charge in [0.15, 0.2) is 6.29 Å². The van der Waals surface area contributed by atoms with Crippen molar-refractivity contribution in [1.82, 2.24) is 4.57 Å². The van der Waals surface area contributed by atoms with Gasteiger partial charge in [-0.1, -0.05) is 11.6 Å². The third-order valence-electron chi connectivity index (χ3n) is 5.09. The summed E-state index contributed by atoms with van der Waals surface area (Å²) in [5, 5.41) is 10.6. The van der Waals surface area contributed by atoms with Crippen LogP contribution in [0.1, 0.15) is 60.4 Å². The molecule has 1 saturated carbocycles. The molecule has 1 fully saturated rings. The monoisotopic (exact) mass is 377 g/mol. The maximum absolute atomic E-state index is 11.7. The van der Waals surface area contributed by atoms with Gasteiger partial charge in [0.05, 0.1) is 23.5 Å². The lowest BCUT2D eigenvalue weighted by Crippen LogP contribution is -2.26. The molecule has 3 rings (SSSR count). The van der Waals surface area contributed by atoms with E-state index in [-0.39, 0.29) is 17.4 Å². The number of rotatable bonds is 6. The van der Waals surface area contributed by atoms with E-state index in [0.29, 0.717) is 35.3 Å². The van der Waals surface area contributed by atoms with Gasteiger partial charge < -0.3 is 14.4 Å². The second-order valence-electron chi connectivity index (χ2n) is 7.28. The SMILES string of the molecule is CC(C)OC1CCC(Cn2c(C=O)c(C(=O)O)c3cc(Cl)ccc32)CC1. The van der Waals surface area contributed by atoms with Crippen LogP contribution in [-0.4, -0.2) is 34.1 Å². The molecule has 1 N–H and O–H groups in total. The number of aromatic carboxylic acids is 1. The van der Waals surface area contributed by atoms with Gasteiger partial charge in [0.1, 0.15) is 0 Å². The first-order chi connectivity index (χ1) is 12.4. The highest BCUT2D eigenvalue weighted by atomic mass is 35.5. The number of ether oxygens (including phenoxy) is 1. The number of aldehydes is 1. The van der Waals surface area contributed by atoms with Crippen molar-refractivity contribution in [3.8, 4) is 0 Å². The minimum Gasteiger partial charge on any atom is -0.478 e. The first kappa shape index (κ1) is 18.9. The number of hydrogen-bond acceptors (Lipinski definition) is 3. The summed E-state index contributed by atoms with van der Waals surface area (Å²) in [6, 6.07) is 5.15. The highest BCUT2D eigenvalue weighted by Crippen LogP contribution is 2.33. The third-order valence-corrected chi connectivity index (χ3v) is 5.33. The molecule has 140 valence electrons. The third kappa shape index (κ3) is 3.79. The van der Waals surface area contributed by atoms with Crippen LogP contribution < -0.4 is 0 Å². The van der Waals surface area contributed by atoms with Crippen LogP contribution in [0.2, 0.25) is 5.02 Å². The molecular formula is C20H24ClNO4. The number of hydrogen-bond donors (Lipinski definition) is 1. The summed E-state index contributed by atoms with van der Waals surface area (Å²) in [6.07, 6.45) is 5.18. The molecule has 0 saturated heterocycles. The fourth-order valence-electron chi connectivity index (χ4n) is 3.98. The van der Waals surface area contributed by atoms with Crippen molar-refractivity contribution in [2.24, 2.45) is 5.92 Å².